The number of hydrogen-bond acceptors (Lipinski definition) is 2. The van der Waals surface area contributed by atoms with Crippen LogP contribution in [0.15, 0.2) is 0 Å². The van der Waals surface area contributed by atoms with Gasteiger partial charge in [-0.2, -0.15) is 0 Å². The molecule has 13 heavy (non-hydrogen) atoms. The molecule has 1 saturated carbocycles. The van der Waals surface area contributed by atoms with Crippen molar-refractivity contribution in [2.75, 3.05) is 13.1 Å². The molecule has 3 unspecified atom stereocenters. The van der Waals surface area contributed by atoms with Crippen LogP contribution < -0.4 is 10.6 Å². The van der Waals surface area contributed by atoms with Gasteiger partial charge >= 0.3 is 0 Å². The minimum Gasteiger partial charge on any atom is -0.316 e. The van der Waals surface area contributed by atoms with Crippen molar-refractivity contribution in [2.45, 2.75) is 45.2 Å². The largest absolute Gasteiger partial charge is 0.316 e. The van der Waals surface area contributed by atoms with Crippen LogP contribution in [-0.4, -0.2) is 25.2 Å². The van der Waals surface area contributed by atoms with Crippen LogP contribution in [0.2, 0.25) is 0 Å². The van der Waals surface area contributed by atoms with Crippen LogP contribution in [0, 0.1) is 11.8 Å². The molecule has 1 heterocycles. The van der Waals surface area contributed by atoms with E-state index in [-0.39, 0.29) is 0 Å². The minimum absolute atomic E-state index is 0.649. The molecule has 1 saturated heterocycles. The first-order valence-corrected chi connectivity index (χ1v) is 5.72. The summed E-state index contributed by atoms with van der Waals surface area (Å²) < 4.78 is 0. The summed E-state index contributed by atoms with van der Waals surface area (Å²) >= 11 is 0. The standard InChI is InChI=1S/C11H22N2/c1-8(2)13-11-4-3-9-6-12-7-10(9)5-11/h8-13H,3-7H2,1-2H3. The van der Waals surface area contributed by atoms with Crippen LogP contribution in [0.1, 0.15) is 33.1 Å². The highest BCUT2D eigenvalue weighted by Gasteiger charge is 2.33. The lowest BCUT2D eigenvalue weighted by Gasteiger charge is -2.32. The fourth-order valence-electron chi connectivity index (χ4n) is 2.92. The van der Waals surface area contributed by atoms with Crippen molar-refractivity contribution in [3.8, 4) is 0 Å². The van der Waals surface area contributed by atoms with E-state index in [0.29, 0.717) is 6.04 Å². The smallest absolute Gasteiger partial charge is 0.00727 e. The second-order valence-electron chi connectivity index (χ2n) is 5.01. The second-order valence-corrected chi connectivity index (χ2v) is 5.01. The van der Waals surface area contributed by atoms with Gasteiger partial charge in [-0.3, -0.25) is 0 Å². The van der Waals surface area contributed by atoms with E-state index in [0.717, 1.165) is 17.9 Å². The summed E-state index contributed by atoms with van der Waals surface area (Å²) in [6.07, 6.45) is 4.22. The Hall–Kier alpha value is -0.0800. The fourth-order valence-corrected chi connectivity index (χ4v) is 2.92. The Kier molecular flexibility index (Phi) is 2.89. The minimum atomic E-state index is 0.649. The summed E-state index contributed by atoms with van der Waals surface area (Å²) in [4.78, 5) is 0. The van der Waals surface area contributed by atoms with Gasteiger partial charge in [0.25, 0.3) is 0 Å². The Balaban J connectivity index is 1.83. The average molecular weight is 182 g/mol. The topological polar surface area (TPSA) is 24.1 Å². The molecule has 1 aliphatic carbocycles. The first kappa shape index (κ1) is 9.47. The van der Waals surface area contributed by atoms with Crippen LogP contribution in [-0.2, 0) is 0 Å². The van der Waals surface area contributed by atoms with E-state index in [4.69, 9.17) is 0 Å². The van der Waals surface area contributed by atoms with E-state index in [1.807, 2.05) is 0 Å². The monoisotopic (exact) mass is 182 g/mol. The van der Waals surface area contributed by atoms with Gasteiger partial charge in [0, 0.05) is 12.1 Å². The third-order valence-corrected chi connectivity index (χ3v) is 3.52. The third kappa shape index (κ3) is 2.23. The van der Waals surface area contributed by atoms with E-state index >= 15 is 0 Å². The maximum Gasteiger partial charge on any atom is 0.00727 e. The van der Waals surface area contributed by atoms with Gasteiger partial charge < -0.3 is 10.6 Å². The lowest BCUT2D eigenvalue weighted by atomic mass is 9.79. The van der Waals surface area contributed by atoms with Crippen molar-refractivity contribution in [3.63, 3.8) is 0 Å². The highest BCUT2D eigenvalue weighted by Crippen LogP contribution is 2.32. The summed E-state index contributed by atoms with van der Waals surface area (Å²) in [6, 6.07) is 1.44. The van der Waals surface area contributed by atoms with Gasteiger partial charge in [-0.25, -0.2) is 0 Å². The summed E-state index contributed by atoms with van der Waals surface area (Å²) in [5.41, 5.74) is 0. The average Bonchev–Trinajstić information content (AvgIpc) is 2.49. The molecule has 0 amide bonds. The van der Waals surface area contributed by atoms with E-state index in [1.54, 1.807) is 0 Å². The first-order chi connectivity index (χ1) is 6.25. The molecule has 0 aromatic carbocycles. The van der Waals surface area contributed by atoms with Gasteiger partial charge in [0.05, 0.1) is 0 Å². The maximum absolute atomic E-state index is 3.67. The predicted octanol–water partition coefficient (Wildman–Crippen LogP) is 1.37. The van der Waals surface area contributed by atoms with Crippen LogP contribution in [0.5, 0.6) is 0 Å². The molecule has 0 spiro atoms. The van der Waals surface area contributed by atoms with Gasteiger partial charge in [-0.1, -0.05) is 13.8 Å². The van der Waals surface area contributed by atoms with Crippen molar-refractivity contribution in [2.24, 2.45) is 11.8 Å². The van der Waals surface area contributed by atoms with Crippen molar-refractivity contribution in [1.29, 1.82) is 0 Å². The van der Waals surface area contributed by atoms with E-state index in [2.05, 4.69) is 24.5 Å². The molecule has 76 valence electrons. The van der Waals surface area contributed by atoms with E-state index in [1.165, 1.54) is 32.4 Å². The molecule has 2 heteroatoms. The maximum atomic E-state index is 3.67. The lowest BCUT2D eigenvalue weighted by Crippen LogP contribution is -2.40. The van der Waals surface area contributed by atoms with E-state index in [9.17, 15) is 0 Å². The zero-order valence-electron chi connectivity index (χ0n) is 8.84. The molecule has 0 aromatic rings. The van der Waals surface area contributed by atoms with Crippen molar-refractivity contribution in [1.82, 2.24) is 10.6 Å². The van der Waals surface area contributed by atoms with Gasteiger partial charge in [-0.05, 0) is 44.2 Å². The lowest BCUT2D eigenvalue weighted by molar-refractivity contribution is 0.235. The number of nitrogens with one attached hydrogen (secondary N) is 2. The second kappa shape index (κ2) is 3.97. The fraction of sp³-hybridized carbons (Fsp3) is 1.00. The molecule has 0 bridgehead atoms. The molecule has 2 nitrogen and oxygen atoms in total. The summed E-state index contributed by atoms with van der Waals surface area (Å²) in [5.74, 6) is 1.95. The van der Waals surface area contributed by atoms with Crippen molar-refractivity contribution in [3.05, 3.63) is 0 Å². The summed E-state index contributed by atoms with van der Waals surface area (Å²) in [6.45, 7) is 7.04. The van der Waals surface area contributed by atoms with Crippen molar-refractivity contribution < 1.29 is 0 Å². The summed E-state index contributed by atoms with van der Waals surface area (Å²) in [5, 5.41) is 7.18. The Morgan fingerprint density at radius 2 is 1.92 bits per heavy atom. The third-order valence-electron chi connectivity index (χ3n) is 3.52. The highest BCUT2D eigenvalue weighted by atomic mass is 15.0. The number of fused-ring (bicyclic) bond motifs is 1. The Labute approximate surface area is 81.5 Å². The van der Waals surface area contributed by atoms with Gasteiger partial charge in [0.2, 0.25) is 0 Å². The van der Waals surface area contributed by atoms with Crippen LogP contribution in [0.25, 0.3) is 0 Å². The molecular weight excluding hydrogens is 160 g/mol. The van der Waals surface area contributed by atoms with Gasteiger partial charge in [0.1, 0.15) is 0 Å². The van der Waals surface area contributed by atoms with E-state index < -0.39 is 0 Å². The van der Waals surface area contributed by atoms with Crippen molar-refractivity contribution >= 4 is 0 Å². The van der Waals surface area contributed by atoms with Gasteiger partial charge in [-0.15, -0.1) is 0 Å². The molecule has 2 fully saturated rings. The number of rotatable bonds is 2. The molecule has 0 aromatic heterocycles. The molecular formula is C11H22N2. The quantitative estimate of drug-likeness (QED) is 0.674. The SMILES string of the molecule is CC(C)NC1CCC2CNCC2C1. The number of hydrogen-bond donors (Lipinski definition) is 2. The Morgan fingerprint density at radius 3 is 2.69 bits per heavy atom. The van der Waals surface area contributed by atoms with Gasteiger partial charge in [0.15, 0.2) is 0 Å². The summed E-state index contributed by atoms with van der Waals surface area (Å²) in [7, 11) is 0. The normalized spacial score (nSPS) is 39.5. The Morgan fingerprint density at radius 1 is 1.15 bits per heavy atom. The molecule has 1 aliphatic heterocycles. The predicted molar refractivity (Wildman–Crippen MR) is 55.8 cm³/mol. The molecule has 2 rings (SSSR count). The zero-order valence-corrected chi connectivity index (χ0v) is 8.84. The Bertz CT molecular complexity index is 167. The molecule has 2 aliphatic rings. The molecule has 3 atom stereocenters. The van der Waals surface area contributed by atoms with Crippen LogP contribution in [0.3, 0.4) is 0 Å². The molecule has 2 N–H and O–H groups in total. The zero-order chi connectivity index (χ0) is 9.26. The van der Waals surface area contributed by atoms with Crippen LogP contribution in [0.4, 0.5) is 0 Å². The molecule has 0 radical (unpaired) electrons. The highest BCUT2D eigenvalue weighted by molar-refractivity contribution is 4.90. The van der Waals surface area contributed by atoms with Crippen LogP contribution >= 0.6 is 0 Å². The first-order valence-electron chi connectivity index (χ1n) is 5.72.